The molecule has 0 aliphatic heterocycles. The molecule has 0 bridgehead atoms. The van der Waals surface area contributed by atoms with Gasteiger partial charge < -0.3 is 25.2 Å². The molecule has 8 nitrogen and oxygen atoms in total. The summed E-state index contributed by atoms with van der Waals surface area (Å²) in [5, 5.41) is 15.1. The Bertz CT molecular complexity index is 1350. The van der Waals surface area contributed by atoms with Gasteiger partial charge in [-0.15, -0.1) is 0 Å². The molecule has 1 saturated carbocycles. The van der Waals surface area contributed by atoms with Crippen molar-refractivity contribution in [2.75, 3.05) is 13.2 Å². The average Bonchev–Trinajstić information content (AvgIpc) is 3.34. The topological polar surface area (TPSA) is 114 Å². The van der Waals surface area contributed by atoms with Crippen LogP contribution in [0.15, 0.2) is 78.9 Å². The molecule has 5 rings (SSSR count). The van der Waals surface area contributed by atoms with E-state index in [1.807, 2.05) is 54.6 Å². The van der Waals surface area contributed by atoms with Gasteiger partial charge in [0.15, 0.2) is 0 Å². The zero-order valence-electron chi connectivity index (χ0n) is 23.8. The van der Waals surface area contributed by atoms with Gasteiger partial charge in [0.25, 0.3) is 0 Å². The second kappa shape index (κ2) is 13.7. The molecule has 220 valence electrons. The normalized spacial score (nSPS) is 19.2. The van der Waals surface area contributed by atoms with Gasteiger partial charge in [0.1, 0.15) is 12.6 Å². The number of benzene rings is 3. The molecule has 0 heterocycles. The predicted octanol–water partition coefficient (Wildman–Crippen LogP) is 5.51. The summed E-state index contributed by atoms with van der Waals surface area (Å²) in [6.07, 6.45) is 1.51. The van der Waals surface area contributed by atoms with E-state index in [4.69, 9.17) is 9.47 Å². The van der Waals surface area contributed by atoms with Crippen LogP contribution in [0, 0.1) is 11.8 Å². The van der Waals surface area contributed by atoms with Crippen LogP contribution in [0.4, 0.5) is 4.79 Å². The highest BCUT2D eigenvalue weighted by atomic mass is 16.5. The lowest BCUT2D eigenvalue weighted by molar-refractivity contribution is -0.143. The second-order valence-electron chi connectivity index (χ2n) is 11.3. The van der Waals surface area contributed by atoms with Crippen LogP contribution in [-0.2, 0) is 25.7 Å². The van der Waals surface area contributed by atoms with E-state index >= 15 is 0 Å². The Morgan fingerprint density at radius 3 is 2.21 bits per heavy atom. The second-order valence-corrected chi connectivity index (χ2v) is 11.3. The standard InChI is InChI=1S/C34H38N2O6/c1-22(41-20-23-10-3-2-4-11-23)31(32(37)35-19-24-12-9-13-25(18-24)33(38)39)36-34(40)42-21-30-28-16-7-5-14-26(28)27-15-6-8-17-29(27)30/h2-8,10-11,14-17,22,24-25,30-31H,9,12-13,18-21H2,1H3,(H,35,37)(H,36,40)(H,38,39). The lowest BCUT2D eigenvalue weighted by atomic mass is 9.81. The first-order valence-electron chi connectivity index (χ1n) is 14.7. The Morgan fingerprint density at radius 2 is 1.55 bits per heavy atom. The summed E-state index contributed by atoms with van der Waals surface area (Å²) in [7, 11) is 0. The lowest BCUT2D eigenvalue weighted by Gasteiger charge is -2.29. The van der Waals surface area contributed by atoms with Crippen LogP contribution in [0.5, 0.6) is 0 Å². The van der Waals surface area contributed by atoms with Gasteiger partial charge in [-0.05, 0) is 59.9 Å². The number of nitrogens with one attached hydrogen (secondary N) is 2. The highest BCUT2D eigenvalue weighted by Gasteiger charge is 2.33. The number of carbonyl (C=O) groups excluding carboxylic acids is 2. The van der Waals surface area contributed by atoms with Gasteiger partial charge in [-0.3, -0.25) is 9.59 Å². The molecule has 4 atom stereocenters. The molecule has 2 aliphatic rings. The van der Waals surface area contributed by atoms with Gasteiger partial charge in [0, 0.05) is 12.5 Å². The third-order valence-corrected chi connectivity index (χ3v) is 8.42. The van der Waals surface area contributed by atoms with Crippen LogP contribution < -0.4 is 10.6 Å². The minimum atomic E-state index is -0.997. The van der Waals surface area contributed by atoms with E-state index in [0.717, 1.165) is 40.7 Å². The Balaban J connectivity index is 1.23. The molecule has 0 aromatic heterocycles. The van der Waals surface area contributed by atoms with Crippen LogP contribution >= 0.6 is 0 Å². The van der Waals surface area contributed by atoms with Gasteiger partial charge in [0.2, 0.25) is 5.91 Å². The lowest BCUT2D eigenvalue weighted by Crippen LogP contribution is -2.54. The fourth-order valence-corrected chi connectivity index (χ4v) is 6.12. The zero-order chi connectivity index (χ0) is 29.5. The Kier molecular flexibility index (Phi) is 9.54. The number of alkyl carbamates (subject to hydrolysis) is 1. The molecule has 3 N–H and O–H groups in total. The van der Waals surface area contributed by atoms with Gasteiger partial charge >= 0.3 is 12.1 Å². The van der Waals surface area contributed by atoms with Crippen LogP contribution in [0.1, 0.15) is 55.2 Å². The van der Waals surface area contributed by atoms with Crippen molar-refractivity contribution < 1.29 is 29.0 Å². The minimum Gasteiger partial charge on any atom is -0.481 e. The smallest absolute Gasteiger partial charge is 0.407 e. The van der Waals surface area contributed by atoms with E-state index in [-0.39, 0.29) is 36.9 Å². The number of ether oxygens (including phenoxy) is 2. The molecule has 3 aromatic carbocycles. The third kappa shape index (κ3) is 6.99. The molecular weight excluding hydrogens is 532 g/mol. The maximum Gasteiger partial charge on any atom is 0.407 e. The highest BCUT2D eigenvalue weighted by molar-refractivity contribution is 5.86. The number of hydrogen-bond donors (Lipinski definition) is 3. The van der Waals surface area contributed by atoms with Crippen LogP contribution in [0.25, 0.3) is 11.1 Å². The molecule has 2 aliphatic carbocycles. The fraction of sp³-hybridized carbons (Fsp3) is 0.382. The van der Waals surface area contributed by atoms with E-state index in [9.17, 15) is 19.5 Å². The third-order valence-electron chi connectivity index (χ3n) is 8.42. The largest absolute Gasteiger partial charge is 0.481 e. The first kappa shape index (κ1) is 29.3. The maximum atomic E-state index is 13.4. The number of carbonyl (C=O) groups is 3. The van der Waals surface area contributed by atoms with Crippen molar-refractivity contribution in [1.29, 1.82) is 0 Å². The van der Waals surface area contributed by atoms with Crippen molar-refractivity contribution in [2.24, 2.45) is 11.8 Å². The number of aliphatic carboxylic acids is 1. The number of fused-ring (bicyclic) bond motifs is 3. The van der Waals surface area contributed by atoms with Gasteiger partial charge in [-0.25, -0.2) is 4.79 Å². The molecule has 2 amide bonds. The monoisotopic (exact) mass is 570 g/mol. The quantitative estimate of drug-likeness (QED) is 0.280. The predicted molar refractivity (Wildman–Crippen MR) is 159 cm³/mol. The van der Waals surface area contributed by atoms with Gasteiger partial charge in [-0.2, -0.15) is 0 Å². The Labute approximate surface area is 246 Å². The van der Waals surface area contributed by atoms with Gasteiger partial charge in [-0.1, -0.05) is 85.3 Å². The summed E-state index contributed by atoms with van der Waals surface area (Å²) in [4.78, 5) is 38.0. The minimum absolute atomic E-state index is 0.0689. The summed E-state index contributed by atoms with van der Waals surface area (Å²) in [6.45, 7) is 2.50. The summed E-state index contributed by atoms with van der Waals surface area (Å²) in [6, 6.07) is 24.8. The molecule has 0 saturated heterocycles. The Morgan fingerprint density at radius 1 is 0.905 bits per heavy atom. The molecule has 4 unspecified atom stereocenters. The van der Waals surface area contributed by atoms with Crippen molar-refractivity contribution in [3.05, 3.63) is 95.6 Å². The highest BCUT2D eigenvalue weighted by Crippen LogP contribution is 2.44. The molecule has 8 heteroatoms. The first-order chi connectivity index (χ1) is 20.4. The molecule has 1 fully saturated rings. The van der Waals surface area contributed by atoms with Crippen molar-refractivity contribution in [2.45, 2.75) is 57.3 Å². The van der Waals surface area contributed by atoms with E-state index < -0.39 is 24.2 Å². The van der Waals surface area contributed by atoms with Crippen LogP contribution in [0.3, 0.4) is 0 Å². The van der Waals surface area contributed by atoms with Crippen LogP contribution in [0.2, 0.25) is 0 Å². The number of carboxylic acids is 1. The SMILES string of the molecule is CC(OCc1ccccc1)C(NC(=O)OCC1c2ccccc2-c2ccccc21)C(=O)NCC1CCCC(C(=O)O)C1. The summed E-state index contributed by atoms with van der Waals surface area (Å²) >= 11 is 0. The number of hydrogen-bond acceptors (Lipinski definition) is 5. The molecule has 3 aromatic rings. The van der Waals surface area contributed by atoms with Crippen molar-refractivity contribution in [1.82, 2.24) is 10.6 Å². The van der Waals surface area contributed by atoms with Crippen molar-refractivity contribution in [3.63, 3.8) is 0 Å². The summed E-state index contributed by atoms with van der Waals surface area (Å²) < 4.78 is 11.7. The van der Waals surface area contributed by atoms with E-state index in [1.54, 1.807) is 6.92 Å². The molecule has 0 spiro atoms. The van der Waals surface area contributed by atoms with E-state index in [0.29, 0.717) is 19.4 Å². The maximum absolute atomic E-state index is 13.4. The van der Waals surface area contributed by atoms with Crippen molar-refractivity contribution >= 4 is 18.0 Å². The Hall–Kier alpha value is -4.17. The average molecular weight is 571 g/mol. The zero-order valence-corrected chi connectivity index (χ0v) is 23.8. The first-order valence-corrected chi connectivity index (χ1v) is 14.7. The van der Waals surface area contributed by atoms with E-state index in [2.05, 4.69) is 34.9 Å². The number of rotatable bonds is 11. The van der Waals surface area contributed by atoms with E-state index in [1.165, 1.54) is 0 Å². The summed E-state index contributed by atoms with van der Waals surface area (Å²) in [5.74, 6) is -1.59. The van der Waals surface area contributed by atoms with Crippen LogP contribution in [-0.4, -0.2) is 48.4 Å². The number of amides is 2. The number of carboxylic acid groups (broad SMARTS) is 1. The fourth-order valence-electron chi connectivity index (χ4n) is 6.12. The summed E-state index contributed by atoms with van der Waals surface area (Å²) in [5.41, 5.74) is 5.43. The molecular formula is C34H38N2O6. The van der Waals surface area contributed by atoms with Crippen molar-refractivity contribution in [3.8, 4) is 11.1 Å². The molecule has 42 heavy (non-hydrogen) atoms. The van der Waals surface area contributed by atoms with Gasteiger partial charge in [0.05, 0.1) is 18.6 Å². The molecule has 0 radical (unpaired) electrons.